The molecule has 0 spiro atoms. The van der Waals surface area contributed by atoms with E-state index in [9.17, 15) is 8.42 Å². The Kier molecular flexibility index (Phi) is 1.95. The minimum atomic E-state index is -3.12. The first-order valence-electron chi connectivity index (χ1n) is 3.17. The molecule has 3 nitrogen and oxygen atoms in total. The Bertz CT molecular complexity index is 324. The normalized spacial score (nSPS) is 21.8. The molecule has 0 unspecified atom stereocenters. The van der Waals surface area contributed by atoms with Gasteiger partial charge >= 0.3 is 0 Å². The van der Waals surface area contributed by atoms with Crippen LogP contribution in [-0.2, 0) is 9.84 Å². The molecule has 1 aliphatic rings. The number of hydrogen-bond donors (Lipinski definition) is 0. The maximum absolute atomic E-state index is 11.1. The molecule has 0 aromatic carbocycles. The van der Waals surface area contributed by atoms with Crippen LogP contribution in [0.3, 0.4) is 0 Å². The topological polar surface area (TPSA) is 46.5 Å². The van der Waals surface area contributed by atoms with Gasteiger partial charge in [-0.3, -0.25) is 4.99 Å². The van der Waals surface area contributed by atoms with Crippen LogP contribution >= 0.6 is 0 Å². The van der Waals surface area contributed by atoms with Gasteiger partial charge in [-0.05, 0) is 18.7 Å². The van der Waals surface area contributed by atoms with Crippen molar-refractivity contribution in [1.29, 1.82) is 0 Å². The number of aliphatic imine (C=N–C) groups is 1. The van der Waals surface area contributed by atoms with Gasteiger partial charge in [-0.15, -0.1) is 0 Å². The molecular formula is C7H9NO2S. The average Bonchev–Trinajstić information content (AvgIpc) is 2.24. The summed E-state index contributed by atoms with van der Waals surface area (Å²) in [6.07, 6.45) is 2.04. The van der Waals surface area contributed by atoms with E-state index in [0.717, 1.165) is 0 Å². The molecule has 11 heavy (non-hydrogen) atoms. The second kappa shape index (κ2) is 2.62. The van der Waals surface area contributed by atoms with Gasteiger partial charge in [-0.1, -0.05) is 12.7 Å². The van der Waals surface area contributed by atoms with E-state index in [1.807, 2.05) is 0 Å². The Hall–Kier alpha value is -0.900. The Morgan fingerprint density at radius 1 is 1.55 bits per heavy atom. The summed E-state index contributed by atoms with van der Waals surface area (Å²) < 4.78 is 22.2. The standard InChI is InChI=1S/C7H9NO2S/c1-3-6-4-5-11(9,10)7(6)8-2/h3H,1-2,4-5H2. The zero-order chi connectivity index (χ0) is 8.48. The summed E-state index contributed by atoms with van der Waals surface area (Å²) in [5.74, 6) is 0.142. The monoisotopic (exact) mass is 171 g/mol. The van der Waals surface area contributed by atoms with Gasteiger partial charge in [0, 0.05) is 0 Å². The maximum Gasteiger partial charge on any atom is 0.196 e. The molecular weight excluding hydrogens is 162 g/mol. The van der Waals surface area contributed by atoms with Crippen LogP contribution in [0.4, 0.5) is 0 Å². The van der Waals surface area contributed by atoms with Crippen molar-refractivity contribution in [3.8, 4) is 0 Å². The predicted molar refractivity (Wildman–Crippen MR) is 45.2 cm³/mol. The van der Waals surface area contributed by atoms with E-state index >= 15 is 0 Å². The lowest BCUT2D eigenvalue weighted by Gasteiger charge is -1.92. The van der Waals surface area contributed by atoms with Gasteiger partial charge in [0.25, 0.3) is 0 Å². The highest BCUT2D eigenvalue weighted by molar-refractivity contribution is 7.95. The number of allylic oxidation sites excluding steroid dienone is 2. The third kappa shape index (κ3) is 1.26. The first-order chi connectivity index (χ1) is 5.11. The van der Waals surface area contributed by atoms with Crippen LogP contribution in [0.5, 0.6) is 0 Å². The van der Waals surface area contributed by atoms with Crippen molar-refractivity contribution in [3.05, 3.63) is 23.3 Å². The van der Waals surface area contributed by atoms with Gasteiger partial charge in [-0.25, -0.2) is 8.42 Å². The van der Waals surface area contributed by atoms with Crippen molar-refractivity contribution in [3.63, 3.8) is 0 Å². The van der Waals surface area contributed by atoms with E-state index in [-0.39, 0.29) is 10.8 Å². The van der Waals surface area contributed by atoms with E-state index in [4.69, 9.17) is 0 Å². The fourth-order valence-electron chi connectivity index (χ4n) is 1.04. The van der Waals surface area contributed by atoms with Gasteiger partial charge < -0.3 is 0 Å². The average molecular weight is 171 g/mol. The van der Waals surface area contributed by atoms with Crippen molar-refractivity contribution in [2.45, 2.75) is 6.42 Å². The fraction of sp³-hybridized carbons (Fsp3) is 0.286. The summed E-state index contributed by atoms with van der Waals surface area (Å²) in [5.41, 5.74) is 0.681. The molecule has 0 saturated heterocycles. The highest BCUT2D eigenvalue weighted by Gasteiger charge is 2.26. The number of rotatable bonds is 2. The Morgan fingerprint density at radius 2 is 2.18 bits per heavy atom. The molecule has 1 rings (SSSR count). The second-order valence-electron chi connectivity index (χ2n) is 2.26. The first-order valence-corrected chi connectivity index (χ1v) is 4.82. The van der Waals surface area contributed by atoms with Crippen LogP contribution in [0.25, 0.3) is 0 Å². The molecule has 0 bridgehead atoms. The molecule has 0 saturated carbocycles. The van der Waals surface area contributed by atoms with Gasteiger partial charge in [0.05, 0.1) is 5.75 Å². The minimum Gasteiger partial charge on any atom is -0.252 e. The summed E-state index contributed by atoms with van der Waals surface area (Å²) in [4.78, 5) is 3.46. The van der Waals surface area contributed by atoms with Crippen LogP contribution in [0.1, 0.15) is 6.42 Å². The van der Waals surface area contributed by atoms with Crippen molar-refractivity contribution in [2.24, 2.45) is 4.99 Å². The zero-order valence-electron chi connectivity index (χ0n) is 6.08. The Balaban J connectivity index is 3.28. The van der Waals surface area contributed by atoms with Crippen molar-refractivity contribution < 1.29 is 8.42 Å². The number of nitrogens with zero attached hydrogens (tertiary/aromatic N) is 1. The molecule has 60 valence electrons. The Morgan fingerprint density at radius 3 is 2.55 bits per heavy atom. The lowest BCUT2D eigenvalue weighted by Crippen LogP contribution is -1.99. The summed E-state index contributed by atoms with van der Waals surface area (Å²) in [6.45, 7) is 6.70. The third-order valence-corrected chi connectivity index (χ3v) is 3.32. The van der Waals surface area contributed by atoms with E-state index in [1.54, 1.807) is 0 Å². The smallest absolute Gasteiger partial charge is 0.196 e. The molecule has 0 aromatic rings. The summed E-state index contributed by atoms with van der Waals surface area (Å²) in [7, 11) is -3.12. The molecule has 0 amide bonds. The van der Waals surface area contributed by atoms with Crippen LogP contribution in [-0.4, -0.2) is 20.9 Å². The van der Waals surface area contributed by atoms with Crippen LogP contribution < -0.4 is 0 Å². The van der Waals surface area contributed by atoms with Crippen LogP contribution in [0.15, 0.2) is 28.2 Å². The highest BCUT2D eigenvalue weighted by Crippen LogP contribution is 2.26. The Labute approximate surface area is 66.1 Å². The quantitative estimate of drug-likeness (QED) is 0.579. The largest absolute Gasteiger partial charge is 0.252 e. The van der Waals surface area contributed by atoms with Gasteiger partial charge in [-0.2, -0.15) is 0 Å². The molecule has 0 aromatic heterocycles. The molecule has 1 aliphatic heterocycles. The third-order valence-electron chi connectivity index (χ3n) is 1.60. The van der Waals surface area contributed by atoms with Gasteiger partial charge in [0.2, 0.25) is 0 Å². The van der Waals surface area contributed by atoms with Gasteiger partial charge in [0.15, 0.2) is 14.9 Å². The molecule has 0 aliphatic carbocycles. The summed E-state index contributed by atoms with van der Waals surface area (Å²) in [6, 6.07) is 0. The summed E-state index contributed by atoms with van der Waals surface area (Å²) in [5, 5.41) is 0.104. The van der Waals surface area contributed by atoms with Crippen molar-refractivity contribution in [2.75, 3.05) is 5.75 Å². The van der Waals surface area contributed by atoms with Crippen molar-refractivity contribution in [1.82, 2.24) is 0 Å². The van der Waals surface area contributed by atoms with E-state index in [0.29, 0.717) is 12.0 Å². The molecule has 0 radical (unpaired) electrons. The zero-order valence-corrected chi connectivity index (χ0v) is 6.89. The molecule has 0 N–H and O–H groups in total. The molecule has 1 heterocycles. The number of hydrogen-bond acceptors (Lipinski definition) is 3. The number of sulfone groups is 1. The SMILES string of the molecule is C=CC1=C(N=C)S(=O)(=O)CC1. The molecule has 4 heteroatoms. The lowest BCUT2D eigenvalue weighted by atomic mass is 10.2. The van der Waals surface area contributed by atoms with Crippen LogP contribution in [0.2, 0.25) is 0 Å². The minimum absolute atomic E-state index is 0.104. The lowest BCUT2D eigenvalue weighted by molar-refractivity contribution is 0.604. The molecule has 0 fully saturated rings. The fourth-order valence-corrected chi connectivity index (χ4v) is 2.50. The van der Waals surface area contributed by atoms with E-state index in [1.165, 1.54) is 6.08 Å². The maximum atomic E-state index is 11.1. The first kappa shape index (κ1) is 8.20. The predicted octanol–water partition coefficient (Wildman–Crippen LogP) is 0.903. The summed E-state index contributed by atoms with van der Waals surface area (Å²) >= 11 is 0. The van der Waals surface area contributed by atoms with E-state index < -0.39 is 9.84 Å². The van der Waals surface area contributed by atoms with Gasteiger partial charge in [0.1, 0.15) is 0 Å². The van der Waals surface area contributed by atoms with Crippen LogP contribution in [0, 0.1) is 0 Å². The second-order valence-corrected chi connectivity index (χ2v) is 4.29. The van der Waals surface area contributed by atoms with Crippen molar-refractivity contribution >= 4 is 16.6 Å². The molecule has 0 atom stereocenters. The van der Waals surface area contributed by atoms with E-state index in [2.05, 4.69) is 18.3 Å². The highest BCUT2D eigenvalue weighted by atomic mass is 32.2.